The molecule has 22 heavy (non-hydrogen) atoms. The number of aromatic nitrogens is 3. The van der Waals surface area contributed by atoms with Crippen LogP contribution in [0.3, 0.4) is 0 Å². The lowest BCUT2D eigenvalue weighted by atomic mass is 10.0. The number of nitrogens with one attached hydrogen (secondary N) is 1. The molecular weight excluding hydrogens is 272 g/mol. The molecular formula is C18H14N4. The van der Waals surface area contributed by atoms with Crippen LogP contribution in [0.5, 0.6) is 0 Å². The molecule has 0 saturated carbocycles. The van der Waals surface area contributed by atoms with Crippen LogP contribution in [0.4, 0.5) is 5.69 Å². The van der Waals surface area contributed by atoms with Gasteiger partial charge in [-0.25, -0.2) is 4.98 Å². The highest BCUT2D eigenvalue weighted by atomic mass is 14.8. The van der Waals surface area contributed by atoms with E-state index in [0.717, 1.165) is 39.0 Å². The summed E-state index contributed by atoms with van der Waals surface area (Å²) in [7, 11) is 0. The van der Waals surface area contributed by atoms with Crippen LogP contribution in [0.15, 0.2) is 67.3 Å². The number of aromatic amines is 1. The third kappa shape index (κ3) is 2.11. The van der Waals surface area contributed by atoms with E-state index in [1.54, 1.807) is 6.20 Å². The Labute approximate surface area is 127 Å². The molecule has 0 bridgehead atoms. The van der Waals surface area contributed by atoms with Crippen molar-refractivity contribution in [3.8, 4) is 22.3 Å². The van der Waals surface area contributed by atoms with E-state index in [1.807, 2.05) is 55.0 Å². The number of fused-ring (bicyclic) bond motifs is 1. The van der Waals surface area contributed by atoms with Crippen molar-refractivity contribution in [3.05, 3.63) is 67.3 Å². The van der Waals surface area contributed by atoms with Crippen LogP contribution in [0.1, 0.15) is 0 Å². The van der Waals surface area contributed by atoms with E-state index in [4.69, 9.17) is 5.73 Å². The monoisotopic (exact) mass is 286 g/mol. The minimum atomic E-state index is 0.749. The Hall–Kier alpha value is -3.14. The summed E-state index contributed by atoms with van der Waals surface area (Å²) in [4.78, 5) is 11.9. The van der Waals surface area contributed by atoms with Gasteiger partial charge in [0.15, 0.2) is 0 Å². The fraction of sp³-hybridized carbons (Fsp3) is 0. The van der Waals surface area contributed by atoms with Crippen LogP contribution in [-0.4, -0.2) is 15.0 Å². The van der Waals surface area contributed by atoms with E-state index in [9.17, 15) is 0 Å². The lowest BCUT2D eigenvalue weighted by molar-refractivity contribution is 1.32. The molecule has 0 saturated heterocycles. The Balaban J connectivity index is 1.90. The van der Waals surface area contributed by atoms with Crippen molar-refractivity contribution in [1.29, 1.82) is 0 Å². The fourth-order valence-corrected chi connectivity index (χ4v) is 2.64. The summed E-state index contributed by atoms with van der Waals surface area (Å²) in [5.74, 6) is 0. The number of pyridine rings is 2. The Morgan fingerprint density at radius 1 is 0.909 bits per heavy atom. The zero-order chi connectivity index (χ0) is 14.9. The number of benzene rings is 1. The zero-order valence-electron chi connectivity index (χ0n) is 11.8. The Bertz CT molecular complexity index is 942. The number of nitrogens with zero attached hydrogens (tertiary/aromatic N) is 2. The van der Waals surface area contributed by atoms with E-state index in [1.165, 1.54) is 0 Å². The van der Waals surface area contributed by atoms with Crippen LogP contribution in [0, 0.1) is 0 Å². The first kappa shape index (κ1) is 12.6. The predicted octanol–water partition coefficient (Wildman–Crippen LogP) is 3.87. The van der Waals surface area contributed by atoms with Gasteiger partial charge in [-0.15, -0.1) is 0 Å². The molecule has 0 aliphatic rings. The number of rotatable bonds is 2. The molecule has 4 heteroatoms. The van der Waals surface area contributed by atoms with Crippen LogP contribution >= 0.6 is 0 Å². The number of anilines is 1. The summed E-state index contributed by atoms with van der Waals surface area (Å²) < 4.78 is 0. The summed E-state index contributed by atoms with van der Waals surface area (Å²) in [5, 5.41) is 1.08. The average Bonchev–Trinajstić information content (AvgIpc) is 2.99. The number of H-pyrrole nitrogens is 1. The van der Waals surface area contributed by atoms with Gasteiger partial charge < -0.3 is 10.7 Å². The quantitative estimate of drug-likeness (QED) is 0.550. The first-order valence-electron chi connectivity index (χ1n) is 7.05. The summed E-state index contributed by atoms with van der Waals surface area (Å²) in [6, 6.07) is 13.9. The van der Waals surface area contributed by atoms with Gasteiger partial charge in [-0.3, -0.25) is 4.98 Å². The third-order valence-electron chi connectivity index (χ3n) is 3.72. The molecule has 106 valence electrons. The van der Waals surface area contributed by atoms with Crippen LogP contribution in [-0.2, 0) is 0 Å². The number of hydrogen-bond acceptors (Lipinski definition) is 3. The van der Waals surface area contributed by atoms with E-state index >= 15 is 0 Å². The molecule has 3 aromatic heterocycles. The first-order valence-corrected chi connectivity index (χ1v) is 7.05. The van der Waals surface area contributed by atoms with Gasteiger partial charge in [0.25, 0.3) is 0 Å². The summed E-state index contributed by atoms with van der Waals surface area (Å²) in [5.41, 5.74) is 11.8. The SMILES string of the molecule is Nc1cccc(-c2cnc3[nH]cc(-c4cccnc4)c3c2)c1. The predicted molar refractivity (Wildman–Crippen MR) is 89.2 cm³/mol. The second-order valence-corrected chi connectivity index (χ2v) is 5.19. The largest absolute Gasteiger partial charge is 0.399 e. The van der Waals surface area contributed by atoms with Crippen molar-refractivity contribution in [2.45, 2.75) is 0 Å². The van der Waals surface area contributed by atoms with Gasteiger partial charge in [0.1, 0.15) is 5.65 Å². The smallest absolute Gasteiger partial charge is 0.137 e. The molecule has 0 fully saturated rings. The van der Waals surface area contributed by atoms with Crippen molar-refractivity contribution in [3.63, 3.8) is 0 Å². The van der Waals surface area contributed by atoms with E-state index in [-0.39, 0.29) is 0 Å². The molecule has 4 aromatic rings. The molecule has 0 spiro atoms. The normalized spacial score (nSPS) is 10.9. The minimum absolute atomic E-state index is 0.749. The molecule has 4 rings (SSSR count). The average molecular weight is 286 g/mol. The standard InChI is InChI=1S/C18H14N4/c19-15-5-1-3-12(7-15)14-8-16-17(11-22-18(16)21-10-14)13-4-2-6-20-9-13/h1-11H,19H2,(H,21,22). The molecule has 0 atom stereocenters. The molecule has 0 amide bonds. The molecule has 4 nitrogen and oxygen atoms in total. The highest BCUT2D eigenvalue weighted by Crippen LogP contribution is 2.30. The van der Waals surface area contributed by atoms with Gasteiger partial charge in [-0.05, 0) is 29.8 Å². The second kappa shape index (κ2) is 5.00. The van der Waals surface area contributed by atoms with Gasteiger partial charge >= 0.3 is 0 Å². The fourth-order valence-electron chi connectivity index (χ4n) is 2.64. The van der Waals surface area contributed by atoms with Gasteiger partial charge in [-0.1, -0.05) is 18.2 Å². The Kier molecular flexibility index (Phi) is 2.86. The van der Waals surface area contributed by atoms with Crippen LogP contribution in [0.25, 0.3) is 33.3 Å². The minimum Gasteiger partial charge on any atom is -0.399 e. The van der Waals surface area contributed by atoms with Crippen molar-refractivity contribution < 1.29 is 0 Å². The lowest BCUT2D eigenvalue weighted by Gasteiger charge is -2.04. The highest BCUT2D eigenvalue weighted by molar-refractivity contribution is 5.95. The molecule has 0 unspecified atom stereocenters. The molecule has 0 aliphatic carbocycles. The van der Waals surface area contributed by atoms with Crippen molar-refractivity contribution >= 4 is 16.7 Å². The number of hydrogen-bond donors (Lipinski definition) is 2. The van der Waals surface area contributed by atoms with Gasteiger partial charge in [0.05, 0.1) is 0 Å². The van der Waals surface area contributed by atoms with Crippen LogP contribution in [0.2, 0.25) is 0 Å². The molecule has 1 aromatic carbocycles. The number of nitrogens with two attached hydrogens (primary N) is 1. The van der Waals surface area contributed by atoms with E-state index < -0.39 is 0 Å². The highest BCUT2D eigenvalue weighted by Gasteiger charge is 2.09. The van der Waals surface area contributed by atoms with E-state index in [2.05, 4.69) is 21.0 Å². The van der Waals surface area contributed by atoms with Crippen LogP contribution < -0.4 is 5.73 Å². The van der Waals surface area contributed by atoms with Gasteiger partial charge in [0, 0.05) is 52.6 Å². The van der Waals surface area contributed by atoms with Crippen molar-refractivity contribution in [2.75, 3.05) is 5.73 Å². The van der Waals surface area contributed by atoms with Crippen molar-refractivity contribution in [1.82, 2.24) is 15.0 Å². The summed E-state index contributed by atoms with van der Waals surface area (Å²) in [6.07, 6.45) is 7.46. The maximum Gasteiger partial charge on any atom is 0.137 e. The third-order valence-corrected chi connectivity index (χ3v) is 3.72. The Morgan fingerprint density at radius 2 is 1.82 bits per heavy atom. The maximum atomic E-state index is 5.87. The second-order valence-electron chi connectivity index (χ2n) is 5.19. The topological polar surface area (TPSA) is 67.6 Å². The molecule has 3 heterocycles. The molecule has 0 aliphatic heterocycles. The first-order chi connectivity index (χ1) is 10.8. The number of nitrogen functional groups attached to an aromatic ring is 1. The lowest BCUT2D eigenvalue weighted by Crippen LogP contribution is -1.86. The summed E-state index contributed by atoms with van der Waals surface area (Å²) >= 11 is 0. The maximum absolute atomic E-state index is 5.87. The van der Waals surface area contributed by atoms with E-state index in [0.29, 0.717) is 0 Å². The Morgan fingerprint density at radius 3 is 2.64 bits per heavy atom. The molecule has 3 N–H and O–H groups in total. The molecule has 0 radical (unpaired) electrons. The van der Waals surface area contributed by atoms with Crippen molar-refractivity contribution in [2.24, 2.45) is 0 Å². The van der Waals surface area contributed by atoms with Gasteiger partial charge in [0.2, 0.25) is 0 Å². The zero-order valence-corrected chi connectivity index (χ0v) is 11.8. The summed E-state index contributed by atoms with van der Waals surface area (Å²) in [6.45, 7) is 0. The van der Waals surface area contributed by atoms with Gasteiger partial charge in [-0.2, -0.15) is 0 Å².